The predicted octanol–water partition coefficient (Wildman–Crippen LogP) is 5.72. The topological polar surface area (TPSA) is 26.3 Å². The molecule has 2 nitrogen and oxygen atoms in total. The quantitative estimate of drug-likeness (QED) is 0.401. The normalized spacial score (nSPS) is 13.4. The molecule has 132 valence electrons. The highest BCUT2D eigenvalue weighted by atomic mass is 32.2. The second kappa shape index (κ2) is 8.09. The summed E-state index contributed by atoms with van der Waals surface area (Å²) in [5, 5.41) is -0.121. The van der Waals surface area contributed by atoms with Crippen molar-refractivity contribution in [2.75, 3.05) is 6.61 Å². The van der Waals surface area contributed by atoms with Crippen LogP contribution in [0.15, 0.2) is 47.4 Å². The predicted molar refractivity (Wildman–Crippen MR) is 105 cm³/mol. The number of rotatable bonds is 7. The van der Waals surface area contributed by atoms with E-state index in [2.05, 4.69) is 56.3 Å². The fourth-order valence-corrected chi connectivity index (χ4v) is 4.41. The molecule has 2 aromatic rings. The Morgan fingerprint density at radius 1 is 1.08 bits per heavy atom. The smallest absolute Gasteiger partial charge is 0.319 e. The van der Waals surface area contributed by atoms with Crippen molar-refractivity contribution in [1.82, 2.24) is 0 Å². The van der Waals surface area contributed by atoms with Crippen LogP contribution < -0.4 is 0 Å². The van der Waals surface area contributed by atoms with Crippen molar-refractivity contribution >= 4 is 17.7 Å². The van der Waals surface area contributed by atoms with Gasteiger partial charge in [-0.05, 0) is 66.5 Å². The molecule has 1 aliphatic carbocycles. The van der Waals surface area contributed by atoms with Gasteiger partial charge in [0, 0.05) is 4.90 Å². The van der Waals surface area contributed by atoms with Crippen LogP contribution >= 0.6 is 11.8 Å². The maximum absolute atomic E-state index is 12.3. The first kappa shape index (κ1) is 18.1. The maximum atomic E-state index is 12.3. The molecule has 0 bridgehead atoms. The van der Waals surface area contributed by atoms with E-state index in [0.29, 0.717) is 12.5 Å². The van der Waals surface area contributed by atoms with E-state index >= 15 is 0 Å². The number of hydrogen-bond donors (Lipinski definition) is 0. The summed E-state index contributed by atoms with van der Waals surface area (Å²) in [5.74, 6) is 0.504. The van der Waals surface area contributed by atoms with E-state index in [1.807, 2.05) is 6.92 Å². The summed E-state index contributed by atoms with van der Waals surface area (Å²) in [6.45, 7) is 6.70. The van der Waals surface area contributed by atoms with Crippen molar-refractivity contribution in [3.63, 3.8) is 0 Å². The Morgan fingerprint density at radius 3 is 2.60 bits per heavy atom. The Hall–Kier alpha value is -1.74. The molecule has 0 saturated heterocycles. The van der Waals surface area contributed by atoms with Gasteiger partial charge in [-0.3, -0.25) is 4.79 Å². The van der Waals surface area contributed by atoms with E-state index in [1.165, 1.54) is 22.3 Å². The minimum absolute atomic E-state index is 0.0862. The van der Waals surface area contributed by atoms with Gasteiger partial charge in [0.25, 0.3) is 0 Å². The van der Waals surface area contributed by atoms with Crippen LogP contribution in [0.4, 0.5) is 0 Å². The van der Waals surface area contributed by atoms with Crippen LogP contribution in [0.3, 0.4) is 0 Å². The molecule has 1 aliphatic rings. The molecule has 0 saturated carbocycles. The average molecular weight is 355 g/mol. The molecule has 0 radical (unpaired) electrons. The molecule has 25 heavy (non-hydrogen) atoms. The number of thioether (sulfide) groups is 1. The Bertz CT molecular complexity index is 751. The standard InChI is InChI=1S/C22H26O2S/c1-4-24-22(23)21(12-9-15(2)3)25-18-10-11-20-17(14-18)13-16-7-5-6-8-19(16)20/h5-8,10-11,14-15,21H,4,9,12-13H2,1-3H3. The number of carbonyl (C=O) groups excluding carboxylic acids is 1. The lowest BCUT2D eigenvalue weighted by molar-refractivity contribution is -0.142. The maximum Gasteiger partial charge on any atom is 0.319 e. The van der Waals surface area contributed by atoms with Crippen molar-refractivity contribution in [1.29, 1.82) is 0 Å². The average Bonchev–Trinajstić information content (AvgIpc) is 2.96. The van der Waals surface area contributed by atoms with E-state index in [0.717, 1.165) is 24.2 Å². The lowest BCUT2D eigenvalue weighted by Crippen LogP contribution is -2.20. The van der Waals surface area contributed by atoms with E-state index in [9.17, 15) is 4.79 Å². The molecule has 0 heterocycles. The minimum atomic E-state index is -0.121. The monoisotopic (exact) mass is 354 g/mol. The van der Waals surface area contributed by atoms with Gasteiger partial charge >= 0.3 is 5.97 Å². The molecule has 0 aliphatic heterocycles. The number of benzene rings is 2. The highest BCUT2D eigenvalue weighted by Gasteiger charge is 2.23. The van der Waals surface area contributed by atoms with Crippen LogP contribution in [0.25, 0.3) is 11.1 Å². The molecular formula is C22H26O2S. The van der Waals surface area contributed by atoms with E-state index in [4.69, 9.17) is 4.74 Å². The summed E-state index contributed by atoms with van der Waals surface area (Å²) >= 11 is 1.65. The lowest BCUT2D eigenvalue weighted by Gasteiger charge is -2.17. The van der Waals surface area contributed by atoms with Crippen LogP contribution in [0.1, 0.15) is 44.7 Å². The molecular weight excluding hydrogens is 328 g/mol. The van der Waals surface area contributed by atoms with Gasteiger partial charge in [0.05, 0.1) is 6.61 Å². The Morgan fingerprint density at radius 2 is 1.84 bits per heavy atom. The van der Waals surface area contributed by atoms with E-state index < -0.39 is 0 Å². The number of esters is 1. The largest absolute Gasteiger partial charge is 0.465 e. The van der Waals surface area contributed by atoms with Gasteiger partial charge < -0.3 is 4.74 Å². The summed E-state index contributed by atoms with van der Waals surface area (Å²) in [7, 11) is 0. The summed E-state index contributed by atoms with van der Waals surface area (Å²) in [6, 6.07) is 15.2. The van der Waals surface area contributed by atoms with Gasteiger partial charge in [0.1, 0.15) is 5.25 Å². The van der Waals surface area contributed by atoms with Crippen LogP contribution in [-0.2, 0) is 16.0 Å². The van der Waals surface area contributed by atoms with Gasteiger partial charge in [-0.25, -0.2) is 0 Å². The third-order valence-electron chi connectivity index (χ3n) is 4.60. The molecule has 0 spiro atoms. The molecule has 3 rings (SSSR count). The number of ether oxygens (including phenoxy) is 1. The van der Waals surface area contributed by atoms with Gasteiger partial charge in [0.2, 0.25) is 0 Å². The Balaban J connectivity index is 1.77. The molecule has 0 fully saturated rings. The third kappa shape index (κ3) is 4.27. The molecule has 1 atom stereocenters. The summed E-state index contributed by atoms with van der Waals surface area (Å²) in [5.41, 5.74) is 5.42. The molecule has 0 aromatic heterocycles. The number of carbonyl (C=O) groups is 1. The zero-order valence-electron chi connectivity index (χ0n) is 15.2. The second-order valence-electron chi connectivity index (χ2n) is 6.98. The highest BCUT2D eigenvalue weighted by Crippen LogP contribution is 2.39. The Kier molecular flexibility index (Phi) is 5.85. The Labute approximate surface area is 155 Å². The SMILES string of the molecule is CCOC(=O)C(CCC(C)C)Sc1ccc2c(c1)Cc1ccccc1-2. The van der Waals surface area contributed by atoms with E-state index in [1.54, 1.807) is 11.8 Å². The first-order valence-corrected chi connectivity index (χ1v) is 10.0. The zero-order chi connectivity index (χ0) is 17.8. The van der Waals surface area contributed by atoms with Crippen molar-refractivity contribution < 1.29 is 9.53 Å². The zero-order valence-corrected chi connectivity index (χ0v) is 16.1. The summed E-state index contributed by atoms with van der Waals surface area (Å²) in [4.78, 5) is 13.5. The first-order valence-electron chi connectivity index (χ1n) is 9.13. The van der Waals surface area contributed by atoms with Gasteiger partial charge in [-0.15, -0.1) is 11.8 Å². The molecule has 2 aromatic carbocycles. The molecule has 0 amide bonds. The highest BCUT2D eigenvalue weighted by molar-refractivity contribution is 8.00. The van der Waals surface area contributed by atoms with Crippen molar-refractivity contribution in [3.8, 4) is 11.1 Å². The van der Waals surface area contributed by atoms with Gasteiger partial charge in [-0.1, -0.05) is 44.2 Å². The van der Waals surface area contributed by atoms with Crippen LogP contribution in [-0.4, -0.2) is 17.8 Å². The van der Waals surface area contributed by atoms with Crippen LogP contribution in [0, 0.1) is 5.92 Å². The van der Waals surface area contributed by atoms with E-state index in [-0.39, 0.29) is 11.2 Å². The summed E-state index contributed by atoms with van der Waals surface area (Å²) < 4.78 is 5.29. The second-order valence-corrected chi connectivity index (χ2v) is 8.26. The van der Waals surface area contributed by atoms with Gasteiger partial charge in [0.15, 0.2) is 0 Å². The number of hydrogen-bond acceptors (Lipinski definition) is 3. The van der Waals surface area contributed by atoms with Crippen LogP contribution in [0.5, 0.6) is 0 Å². The fourth-order valence-electron chi connectivity index (χ4n) is 3.30. The van der Waals surface area contributed by atoms with Crippen molar-refractivity contribution in [2.24, 2.45) is 5.92 Å². The summed E-state index contributed by atoms with van der Waals surface area (Å²) in [6.07, 6.45) is 2.88. The molecule has 0 N–H and O–H groups in total. The van der Waals surface area contributed by atoms with Crippen molar-refractivity contribution in [3.05, 3.63) is 53.6 Å². The lowest BCUT2D eigenvalue weighted by atomic mass is 10.1. The third-order valence-corrected chi connectivity index (χ3v) is 5.84. The fraction of sp³-hybridized carbons (Fsp3) is 0.409. The van der Waals surface area contributed by atoms with Gasteiger partial charge in [-0.2, -0.15) is 0 Å². The van der Waals surface area contributed by atoms with Crippen LogP contribution in [0.2, 0.25) is 0 Å². The molecule has 3 heteroatoms. The molecule has 1 unspecified atom stereocenters. The minimum Gasteiger partial charge on any atom is -0.465 e. The first-order chi connectivity index (χ1) is 12.1. The number of fused-ring (bicyclic) bond motifs is 3. The van der Waals surface area contributed by atoms with Crippen molar-refractivity contribution in [2.45, 2.75) is 50.2 Å².